The Labute approximate surface area is 125 Å². The van der Waals surface area contributed by atoms with E-state index < -0.39 is 11.4 Å². The number of nitrogens with zero attached hydrogens (tertiary/aromatic N) is 1. The van der Waals surface area contributed by atoms with Crippen molar-refractivity contribution in [3.05, 3.63) is 35.7 Å². The van der Waals surface area contributed by atoms with Crippen molar-refractivity contribution in [3.8, 4) is 11.8 Å². The Morgan fingerprint density at radius 2 is 2.10 bits per heavy atom. The van der Waals surface area contributed by atoms with Crippen molar-refractivity contribution in [1.29, 1.82) is 0 Å². The lowest BCUT2D eigenvalue weighted by atomic mass is 10.2. The summed E-state index contributed by atoms with van der Waals surface area (Å²) in [6, 6.07) is 2.00. The van der Waals surface area contributed by atoms with E-state index in [-0.39, 0.29) is 10.8 Å². The number of pyridine rings is 1. The predicted octanol–water partition coefficient (Wildman–Crippen LogP) is 2.91. The molecule has 0 bridgehead atoms. The summed E-state index contributed by atoms with van der Waals surface area (Å²) < 4.78 is 14.8. The second kappa shape index (κ2) is 7.49. The molecule has 3 nitrogen and oxygen atoms in total. The molecule has 4 heteroatoms. The third-order valence-electron chi connectivity index (χ3n) is 2.46. The highest BCUT2D eigenvalue weighted by molar-refractivity contribution is 7.90. The van der Waals surface area contributed by atoms with Crippen LogP contribution in [0.2, 0.25) is 0 Å². The first-order valence-corrected chi connectivity index (χ1v) is 7.72. The molecule has 0 aliphatic rings. The summed E-state index contributed by atoms with van der Waals surface area (Å²) in [6.07, 6.45) is 7.46. The van der Waals surface area contributed by atoms with Gasteiger partial charge in [0.2, 0.25) is 0 Å². The maximum Gasteiger partial charge on any atom is 0.136 e. The summed E-state index contributed by atoms with van der Waals surface area (Å²) >= 11 is -1.07. The first-order valence-electron chi connectivity index (χ1n) is 6.57. The molecule has 0 aliphatic heterocycles. The topological polar surface area (TPSA) is 48.0 Å². The van der Waals surface area contributed by atoms with Crippen LogP contribution >= 0.6 is 0 Å². The lowest BCUT2D eigenvalue weighted by molar-refractivity contribution is 0.539. The first-order chi connectivity index (χ1) is 9.32. The van der Waals surface area contributed by atoms with Gasteiger partial charge in [0.15, 0.2) is 0 Å². The van der Waals surface area contributed by atoms with Gasteiger partial charge in [0.25, 0.3) is 0 Å². The van der Waals surface area contributed by atoms with Gasteiger partial charge in [0, 0.05) is 29.3 Å². The fourth-order valence-corrected chi connectivity index (χ4v) is 2.17. The summed E-state index contributed by atoms with van der Waals surface area (Å²) in [5.41, 5.74) is 1.88. The molecule has 2 atom stereocenters. The quantitative estimate of drug-likeness (QED) is 0.685. The van der Waals surface area contributed by atoms with Gasteiger partial charge in [-0.3, -0.25) is 4.98 Å². The van der Waals surface area contributed by atoms with Crippen LogP contribution in [-0.2, 0) is 11.4 Å². The largest absolute Gasteiger partial charge is 0.598 e. The van der Waals surface area contributed by atoms with E-state index in [1.165, 1.54) is 0 Å². The molecule has 1 aromatic rings. The molecule has 20 heavy (non-hydrogen) atoms. The van der Waals surface area contributed by atoms with Gasteiger partial charge in [-0.05, 0) is 46.2 Å². The van der Waals surface area contributed by atoms with Crippen molar-refractivity contribution in [3.63, 3.8) is 0 Å². The van der Waals surface area contributed by atoms with Crippen molar-refractivity contribution < 1.29 is 4.55 Å². The number of aromatic nitrogens is 1. The molecule has 0 radical (unpaired) electrons. The van der Waals surface area contributed by atoms with E-state index in [2.05, 4.69) is 21.5 Å². The third kappa shape index (κ3) is 5.79. The molecule has 1 N–H and O–H groups in total. The Morgan fingerprint density at radius 3 is 2.70 bits per heavy atom. The Hall–Kier alpha value is -1.28. The minimum Gasteiger partial charge on any atom is -0.598 e. The fourth-order valence-electron chi connectivity index (χ4n) is 1.40. The van der Waals surface area contributed by atoms with Crippen molar-refractivity contribution in [1.82, 2.24) is 9.71 Å². The molecular weight excluding hydrogens is 268 g/mol. The van der Waals surface area contributed by atoms with E-state index in [1.807, 2.05) is 45.9 Å². The molecule has 108 valence electrons. The minimum absolute atomic E-state index is 0.0240. The maximum atomic E-state index is 12.0. The highest BCUT2D eigenvalue weighted by Gasteiger charge is 2.27. The summed E-state index contributed by atoms with van der Waals surface area (Å²) in [6.45, 7) is 9.62. The van der Waals surface area contributed by atoms with Crippen molar-refractivity contribution in [2.75, 3.05) is 0 Å². The second-order valence-corrected chi connectivity index (χ2v) is 7.53. The zero-order valence-electron chi connectivity index (χ0n) is 12.7. The van der Waals surface area contributed by atoms with Gasteiger partial charge in [-0.25, -0.2) is 0 Å². The average molecular weight is 290 g/mol. The molecule has 0 amide bonds. The Balaban J connectivity index is 2.67. The van der Waals surface area contributed by atoms with Gasteiger partial charge in [-0.1, -0.05) is 18.1 Å². The number of hydrogen-bond acceptors (Lipinski definition) is 3. The average Bonchev–Trinajstić information content (AvgIpc) is 2.36. The van der Waals surface area contributed by atoms with E-state index in [4.69, 9.17) is 0 Å². The SMILES string of the molecule is CC#Cc1cncc(/C=C/C(C)N[S+]([O-])C(C)(C)C)c1. The summed E-state index contributed by atoms with van der Waals surface area (Å²) in [7, 11) is 0. The van der Waals surface area contributed by atoms with Gasteiger partial charge in [-0.15, -0.1) is 10.6 Å². The summed E-state index contributed by atoms with van der Waals surface area (Å²) in [4.78, 5) is 4.15. The second-order valence-electron chi connectivity index (χ2n) is 5.53. The molecule has 0 saturated carbocycles. The standard InChI is InChI=1S/C16H22N2OS/c1-6-7-14-10-15(12-17-11-14)9-8-13(2)18-20(19)16(3,4)5/h8-13,18H,1-5H3/b9-8+. The summed E-state index contributed by atoms with van der Waals surface area (Å²) in [5, 5.41) is 0. The Kier molecular flexibility index (Phi) is 6.28. The van der Waals surface area contributed by atoms with Crippen LogP contribution in [0.15, 0.2) is 24.5 Å². The van der Waals surface area contributed by atoms with Crippen molar-refractivity contribution in [2.24, 2.45) is 0 Å². The first kappa shape index (κ1) is 16.8. The van der Waals surface area contributed by atoms with E-state index in [1.54, 1.807) is 19.3 Å². The summed E-state index contributed by atoms with van der Waals surface area (Å²) in [5.74, 6) is 5.83. The zero-order valence-corrected chi connectivity index (χ0v) is 13.5. The number of rotatable bonds is 4. The van der Waals surface area contributed by atoms with Crippen LogP contribution in [0.1, 0.15) is 45.7 Å². The Bertz CT molecular complexity index is 523. The molecule has 1 rings (SSSR count). The third-order valence-corrected chi connectivity index (χ3v) is 4.15. The molecule has 0 fully saturated rings. The maximum absolute atomic E-state index is 12.0. The highest BCUT2D eigenvalue weighted by Crippen LogP contribution is 2.14. The molecule has 0 saturated heterocycles. The van der Waals surface area contributed by atoms with Crippen LogP contribution in [0.4, 0.5) is 0 Å². The fraction of sp³-hybridized carbons (Fsp3) is 0.438. The zero-order chi connectivity index (χ0) is 15.2. The smallest absolute Gasteiger partial charge is 0.136 e. The molecule has 0 aliphatic carbocycles. The lowest BCUT2D eigenvalue weighted by Crippen LogP contribution is -2.42. The van der Waals surface area contributed by atoms with Crippen LogP contribution in [-0.4, -0.2) is 20.3 Å². The van der Waals surface area contributed by atoms with Crippen LogP contribution in [0.25, 0.3) is 6.08 Å². The van der Waals surface area contributed by atoms with Gasteiger partial charge >= 0.3 is 0 Å². The molecular formula is C16H22N2OS. The van der Waals surface area contributed by atoms with Crippen LogP contribution in [0, 0.1) is 11.8 Å². The highest BCUT2D eigenvalue weighted by atomic mass is 32.2. The number of hydrogen-bond donors (Lipinski definition) is 1. The van der Waals surface area contributed by atoms with Gasteiger partial charge < -0.3 is 4.55 Å². The monoisotopic (exact) mass is 290 g/mol. The molecule has 0 spiro atoms. The molecule has 2 unspecified atom stereocenters. The van der Waals surface area contributed by atoms with Crippen LogP contribution in [0.5, 0.6) is 0 Å². The van der Waals surface area contributed by atoms with E-state index in [0.717, 1.165) is 11.1 Å². The Morgan fingerprint density at radius 1 is 1.40 bits per heavy atom. The van der Waals surface area contributed by atoms with Crippen LogP contribution in [0.3, 0.4) is 0 Å². The number of nitrogens with one attached hydrogen (secondary N) is 1. The van der Waals surface area contributed by atoms with Crippen LogP contribution < -0.4 is 4.72 Å². The minimum atomic E-state index is -1.07. The van der Waals surface area contributed by atoms with Gasteiger partial charge in [0.1, 0.15) is 4.75 Å². The lowest BCUT2D eigenvalue weighted by Gasteiger charge is -2.25. The molecule has 1 aromatic heterocycles. The van der Waals surface area contributed by atoms with E-state index >= 15 is 0 Å². The van der Waals surface area contributed by atoms with Gasteiger partial charge in [-0.2, -0.15) is 0 Å². The molecule has 1 heterocycles. The van der Waals surface area contributed by atoms with Gasteiger partial charge in [0.05, 0.1) is 6.04 Å². The normalized spacial score (nSPS) is 14.7. The van der Waals surface area contributed by atoms with Crippen molar-refractivity contribution >= 4 is 17.4 Å². The van der Waals surface area contributed by atoms with E-state index in [0.29, 0.717) is 0 Å². The predicted molar refractivity (Wildman–Crippen MR) is 86.3 cm³/mol. The van der Waals surface area contributed by atoms with Crippen molar-refractivity contribution in [2.45, 2.75) is 45.4 Å². The molecule has 0 aromatic carbocycles. The van der Waals surface area contributed by atoms with E-state index in [9.17, 15) is 4.55 Å².